The smallest absolute Gasteiger partial charge is 2.00 e. The van der Waals surface area contributed by atoms with Crippen LogP contribution in [0.1, 0.15) is 0 Å². The molecule has 0 bridgehead atoms. The molecule has 0 N–H and O–H groups in total. The van der Waals surface area contributed by atoms with Gasteiger partial charge in [0.05, 0.1) is 0 Å². The molecule has 0 saturated heterocycles. The molecule has 0 rings (SSSR count). The Hall–Kier alpha value is 0.956. The Kier molecular flexibility index (Phi) is 1510. The largest absolute Gasteiger partial charge is 4.00 e. The second-order valence-electron chi connectivity index (χ2n) is 0.0833. The quantitative estimate of drug-likeness (QED) is 0.479. The maximum atomic E-state index is 8.40. The Morgan fingerprint density at radius 3 is 0.778 bits per heavy atom. The van der Waals surface area contributed by atoms with Gasteiger partial charge < -0.3 is 21.9 Å². The van der Waals surface area contributed by atoms with Crippen LogP contribution >= 0.6 is 0 Å². The van der Waals surface area contributed by atoms with Crippen LogP contribution in [0.5, 0.6) is 0 Å². The fourth-order valence-electron chi connectivity index (χ4n) is 0. The summed E-state index contributed by atoms with van der Waals surface area (Å²) in [5.74, 6) is 0. The molecule has 9 heavy (non-hydrogen) atoms. The number of hydrogen-bond acceptors (Lipinski definition) is 2. The summed E-state index contributed by atoms with van der Waals surface area (Å²) in [7, 11) is -1.42. The van der Waals surface area contributed by atoms with Gasteiger partial charge in [0.2, 0.25) is 0 Å². The van der Waals surface area contributed by atoms with Crippen molar-refractivity contribution in [3.05, 3.63) is 0 Å². The van der Waals surface area contributed by atoms with Crippen LogP contribution in [-0.4, -0.2) is 9.29 Å². The summed E-state index contributed by atoms with van der Waals surface area (Å²) in [5.41, 5.74) is 0. The van der Waals surface area contributed by atoms with Crippen LogP contribution in [-0.2, 0) is 71.1 Å². The molecule has 6 nitrogen and oxygen atoms in total. The molecule has 1 radical (unpaired) electrons. The maximum Gasteiger partial charge on any atom is 4.00 e. The van der Waals surface area contributed by atoms with E-state index in [1.165, 1.54) is 0 Å². The number of rotatable bonds is 0. The van der Waals surface area contributed by atoms with Gasteiger partial charge in [0, 0.05) is 18.6 Å². The van der Waals surface area contributed by atoms with Gasteiger partial charge in [-0.3, -0.25) is 8.92 Å². The Morgan fingerprint density at radius 2 is 0.778 bits per heavy atom. The third-order valence-electron chi connectivity index (χ3n) is 0. The normalized spacial score (nSPS) is 0.889. The van der Waals surface area contributed by atoms with Crippen molar-refractivity contribution in [2.75, 3.05) is 0 Å². The van der Waals surface area contributed by atoms with Crippen LogP contribution in [0.2, 0.25) is 0 Å². The van der Waals surface area contributed by atoms with Crippen molar-refractivity contribution in [2.45, 2.75) is 0 Å². The summed E-state index contributed by atoms with van der Waals surface area (Å²) in [6.07, 6.45) is 0. The molecule has 0 aliphatic carbocycles. The van der Waals surface area contributed by atoms with E-state index in [2.05, 4.69) is 0 Å². The molecule has 0 fully saturated rings. The monoisotopic (exact) mass is 223 g/mol. The molecule has 0 atom stereocenters. The minimum atomic E-state index is -1.42. The summed E-state index contributed by atoms with van der Waals surface area (Å²) in [4.78, 5) is 0. The molecular formula is O6SiTiV-4. The Labute approximate surface area is 80.3 Å². The average molecular weight is 223 g/mol. The van der Waals surface area contributed by atoms with Crippen molar-refractivity contribution in [1.82, 2.24) is 0 Å². The molecule has 0 saturated carbocycles. The van der Waals surface area contributed by atoms with Crippen molar-refractivity contribution in [2.24, 2.45) is 0 Å². The van der Waals surface area contributed by atoms with E-state index < -0.39 is 9.29 Å². The van der Waals surface area contributed by atoms with Crippen LogP contribution in [0.15, 0.2) is 0 Å². The second-order valence-corrected chi connectivity index (χ2v) is 0.250. The predicted octanol–water partition coefficient (Wildman–Crippen LogP) is -1.10. The molecule has 0 aromatic heterocycles. The summed E-state index contributed by atoms with van der Waals surface area (Å²) < 4.78 is 16.8. The van der Waals surface area contributed by atoms with Crippen molar-refractivity contribution >= 4 is 9.29 Å². The van der Waals surface area contributed by atoms with E-state index >= 15 is 0 Å². The molecule has 0 aromatic carbocycles. The van der Waals surface area contributed by atoms with E-state index in [0.29, 0.717) is 0 Å². The zero-order chi connectivity index (χ0) is 2.71. The van der Waals surface area contributed by atoms with Crippen molar-refractivity contribution in [3.63, 3.8) is 0 Å². The molecule has 0 aromatic rings. The third-order valence-corrected chi connectivity index (χ3v) is 0. The van der Waals surface area contributed by atoms with Crippen LogP contribution < -0.4 is 0 Å². The van der Waals surface area contributed by atoms with Gasteiger partial charge in [-0.15, -0.1) is 0 Å². The van der Waals surface area contributed by atoms with Crippen LogP contribution in [0.3, 0.4) is 0 Å². The van der Waals surface area contributed by atoms with E-state index in [9.17, 15) is 0 Å². The minimum Gasteiger partial charge on any atom is -2.00 e. The van der Waals surface area contributed by atoms with Gasteiger partial charge in [-0.2, -0.15) is 0 Å². The van der Waals surface area contributed by atoms with Crippen molar-refractivity contribution < 1.29 is 71.1 Å². The molecule has 0 amide bonds. The molecule has 0 spiro atoms. The summed E-state index contributed by atoms with van der Waals surface area (Å²) in [6, 6.07) is 0. The SMILES string of the molecule is O=[Si]=O.[O-2].[O-2].[O-2].[O-2].[Ti+4].[V]. The van der Waals surface area contributed by atoms with Gasteiger partial charge in [-0.25, -0.2) is 0 Å². The first-order valence-electron chi connectivity index (χ1n) is 0.408. The van der Waals surface area contributed by atoms with Crippen LogP contribution in [0.25, 0.3) is 0 Å². The van der Waals surface area contributed by atoms with E-state index in [1.807, 2.05) is 0 Å². The van der Waals surface area contributed by atoms with Gasteiger partial charge in [0.15, 0.2) is 0 Å². The minimum absolute atomic E-state index is 0. The van der Waals surface area contributed by atoms with Gasteiger partial charge in [0.1, 0.15) is 0 Å². The van der Waals surface area contributed by atoms with E-state index in [4.69, 9.17) is 8.92 Å². The van der Waals surface area contributed by atoms with Gasteiger partial charge in [-0.05, 0) is 0 Å². The molecule has 0 heterocycles. The standard InChI is InChI=1S/O2Si.4O.Ti.V/c1-3-2;;;;;;/q;4*-2;+4;. The molecule has 53 valence electrons. The zero-order valence-corrected chi connectivity index (χ0v) is 7.85. The van der Waals surface area contributed by atoms with E-state index in [-0.39, 0.29) is 62.2 Å². The van der Waals surface area contributed by atoms with Crippen molar-refractivity contribution in [3.8, 4) is 0 Å². The summed E-state index contributed by atoms with van der Waals surface area (Å²) in [6.45, 7) is 0. The van der Waals surface area contributed by atoms with Gasteiger partial charge in [0.25, 0.3) is 0 Å². The van der Waals surface area contributed by atoms with Gasteiger partial charge >= 0.3 is 31.0 Å². The van der Waals surface area contributed by atoms with Crippen molar-refractivity contribution in [1.29, 1.82) is 0 Å². The summed E-state index contributed by atoms with van der Waals surface area (Å²) in [5, 5.41) is 0. The summed E-state index contributed by atoms with van der Waals surface area (Å²) >= 11 is 0. The first kappa shape index (κ1) is 91.4. The van der Waals surface area contributed by atoms with E-state index in [1.54, 1.807) is 0 Å². The predicted molar refractivity (Wildman–Crippen MR) is 9.87 cm³/mol. The average Bonchev–Trinajstić information content (AvgIpc) is 0.918. The van der Waals surface area contributed by atoms with Crippen LogP contribution in [0.4, 0.5) is 0 Å². The molecule has 0 unspecified atom stereocenters. The fraction of sp³-hybridized carbons (Fsp3) is 0. The number of hydrogen-bond donors (Lipinski definition) is 0. The van der Waals surface area contributed by atoms with E-state index in [0.717, 1.165) is 0 Å². The fourth-order valence-corrected chi connectivity index (χ4v) is 0. The first-order valence-corrected chi connectivity index (χ1v) is 1.22. The maximum absolute atomic E-state index is 8.40. The molecular weight excluding hydrogens is 223 g/mol. The molecule has 0 aliphatic heterocycles. The molecule has 0 aliphatic rings. The van der Waals surface area contributed by atoms with Gasteiger partial charge in [-0.1, -0.05) is 0 Å². The Balaban J connectivity index is -0.00000000133. The molecule has 9 heteroatoms. The van der Waals surface area contributed by atoms with Crippen LogP contribution in [0, 0.1) is 0 Å². The second kappa shape index (κ2) is 148. The first-order chi connectivity index (χ1) is 1.41. The topological polar surface area (TPSA) is 148 Å². The Bertz CT molecular complexity index is 34.0. The Morgan fingerprint density at radius 1 is 0.778 bits per heavy atom. The zero-order valence-electron chi connectivity index (χ0n) is 3.90. The third kappa shape index (κ3) is 474.